The fraction of sp³-hybridized carbons (Fsp3) is 0.654. The Labute approximate surface area is 174 Å². The van der Waals surface area contributed by atoms with E-state index < -0.39 is 0 Å². The molecule has 1 aromatic carbocycles. The smallest absolute Gasteiger partial charge is 0.234 e. The molecule has 1 aromatic heterocycles. The molecule has 0 saturated carbocycles. The maximum atomic E-state index is 2.51. The molecule has 0 atom stereocenters. The Kier molecular flexibility index (Phi) is 11.7. The van der Waals surface area contributed by atoms with Gasteiger partial charge in [0.05, 0.1) is 6.54 Å². The number of aromatic nitrogens is 2. The maximum absolute atomic E-state index is 2.51. The van der Waals surface area contributed by atoms with Gasteiger partial charge in [-0.1, -0.05) is 96.3 Å². The van der Waals surface area contributed by atoms with Crippen LogP contribution in [0.15, 0.2) is 42.7 Å². The molecule has 0 amide bonds. The molecule has 0 saturated heterocycles. The molecule has 0 N–H and O–H groups in total. The van der Waals surface area contributed by atoms with Crippen molar-refractivity contribution in [3.05, 3.63) is 48.5 Å². The molecule has 0 aliphatic carbocycles. The van der Waals surface area contributed by atoms with E-state index in [1.807, 2.05) is 0 Å². The van der Waals surface area contributed by atoms with Crippen molar-refractivity contribution in [2.45, 2.75) is 110 Å². The molecular weight excluding hydrogens is 340 g/mol. The van der Waals surface area contributed by atoms with Crippen molar-refractivity contribution < 1.29 is 4.57 Å². The molecule has 1 heterocycles. The van der Waals surface area contributed by atoms with Gasteiger partial charge < -0.3 is 0 Å². The highest BCUT2D eigenvalue weighted by atomic mass is 15.1. The summed E-state index contributed by atoms with van der Waals surface area (Å²) < 4.78 is 4.92. The summed E-state index contributed by atoms with van der Waals surface area (Å²) in [6, 6.07) is 10.8. The monoisotopic (exact) mass is 383 g/mol. The number of aryl methyl sites for hydroxylation is 1. The molecule has 0 spiro atoms. The van der Waals surface area contributed by atoms with E-state index >= 15 is 0 Å². The van der Waals surface area contributed by atoms with Gasteiger partial charge in [-0.15, -0.1) is 0 Å². The number of nitrogens with zero attached hydrogens (tertiary/aromatic N) is 2. The summed E-state index contributed by atoms with van der Waals surface area (Å²) in [5, 5.41) is 0. The minimum Gasteiger partial charge on any atom is -0.234 e. The summed E-state index contributed by atoms with van der Waals surface area (Å²) in [7, 11) is 0. The minimum absolute atomic E-state index is 1.16. The Hall–Kier alpha value is -1.57. The highest BCUT2D eigenvalue weighted by Crippen LogP contribution is 2.14. The summed E-state index contributed by atoms with van der Waals surface area (Å²) in [4.78, 5) is 0. The van der Waals surface area contributed by atoms with Crippen molar-refractivity contribution in [3.63, 3.8) is 0 Å². The Morgan fingerprint density at radius 2 is 1.25 bits per heavy atom. The molecule has 2 nitrogen and oxygen atoms in total. The maximum Gasteiger partial charge on any atom is 0.261 e. The average molecular weight is 384 g/mol. The van der Waals surface area contributed by atoms with E-state index in [2.05, 4.69) is 65.7 Å². The van der Waals surface area contributed by atoms with E-state index in [9.17, 15) is 0 Å². The average Bonchev–Trinajstić information content (AvgIpc) is 3.13. The fourth-order valence-corrected chi connectivity index (χ4v) is 4.05. The zero-order valence-electron chi connectivity index (χ0n) is 18.5. The second-order valence-corrected chi connectivity index (χ2v) is 8.25. The fourth-order valence-electron chi connectivity index (χ4n) is 4.05. The van der Waals surface area contributed by atoms with Crippen molar-refractivity contribution in [2.24, 2.45) is 0 Å². The van der Waals surface area contributed by atoms with Gasteiger partial charge in [-0.25, -0.2) is 4.57 Å². The predicted octanol–water partition coefficient (Wildman–Crippen LogP) is 7.42. The third-order valence-electron chi connectivity index (χ3n) is 5.80. The summed E-state index contributed by atoms with van der Waals surface area (Å²) in [5.74, 6) is 1.48. The first kappa shape index (κ1) is 22.7. The number of benzene rings is 1. The lowest BCUT2D eigenvalue weighted by Crippen LogP contribution is -2.37. The lowest BCUT2D eigenvalue weighted by atomic mass is 10.1. The van der Waals surface area contributed by atoms with E-state index in [1.54, 1.807) is 0 Å². The van der Waals surface area contributed by atoms with Crippen molar-refractivity contribution in [1.82, 2.24) is 4.57 Å². The van der Waals surface area contributed by atoms with Crippen LogP contribution in [0.4, 0.5) is 0 Å². The van der Waals surface area contributed by atoms with Gasteiger partial charge in [-0.2, -0.15) is 4.57 Å². The van der Waals surface area contributed by atoms with Gasteiger partial charge in [0.1, 0.15) is 18.1 Å². The molecule has 0 radical (unpaired) electrons. The molecule has 2 aromatic rings. The molecule has 2 heteroatoms. The number of hydrogen-bond acceptors (Lipinski definition) is 0. The standard InChI is InChI=1S/C26H43N2/c1-3-5-7-9-10-11-12-17-21-26-27(22-18-13-8-6-4-2)23-24-28(26)25-19-15-14-16-20-25/h14-16,19-20,23-24H,3-13,17-18,21-22H2,1-2H3/q+1. The van der Waals surface area contributed by atoms with Gasteiger partial charge in [0.25, 0.3) is 5.82 Å². The topological polar surface area (TPSA) is 8.81 Å². The summed E-state index contributed by atoms with van der Waals surface area (Å²) in [6.07, 6.45) is 23.6. The molecular formula is C26H43N2+. The van der Waals surface area contributed by atoms with Crippen molar-refractivity contribution in [3.8, 4) is 5.69 Å². The van der Waals surface area contributed by atoms with Gasteiger partial charge >= 0.3 is 0 Å². The van der Waals surface area contributed by atoms with Crippen LogP contribution >= 0.6 is 0 Å². The zero-order chi connectivity index (χ0) is 19.9. The second-order valence-electron chi connectivity index (χ2n) is 8.25. The first-order valence-corrected chi connectivity index (χ1v) is 12.0. The normalized spacial score (nSPS) is 11.2. The SMILES string of the molecule is CCCCCCCCCCc1n(-c2ccccc2)cc[n+]1CCCCCCC. The van der Waals surface area contributed by atoms with Crippen LogP contribution in [0, 0.1) is 0 Å². The largest absolute Gasteiger partial charge is 0.261 e. The van der Waals surface area contributed by atoms with Crippen LogP contribution in [0.5, 0.6) is 0 Å². The third kappa shape index (κ3) is 8.20. The number of hydrogen-bond donors (Lipinski definition) is 0. The number of rotatable bonds is 16. The van der Waals surface area contributed by atoms with Gasteiger partial charge in [0.2, 0.25) is 0 Å². The third-order valence-corrected chi connectivity index (χ3v) is 5.80. The van der Waals surface area contributed by atoms with Gasteiger partial charge in [-0.3, -0.25) is 0 Å². The Bertz CT molecular complexity index is 615. The van der Waals surface area contributed by atoms with Crippen LogP contribution in [0.25, 0.3) is 5.69 Å². The van der Waals surface area contributed by atoms with Crippen LogP contribution in [0.1, 0.15) is 103 Å². The zero-order valence-corrected chi connectivity index (χ0v) is 18.5. The quantitative estimate of drug-likeness (QED) is 0.211. The van der Waals surface area contributed by atoms with E-state index in [1.165, 1.54) is 101 Å². The second kappa shape index (κ2) is 14.4. The summed E-state index contributed by atoms with van der Waals surface area (Å²) >= 11 is 0. The van der Waals surface area contributed by atoms with Gasteiger partial charge in [0.15, 0.2) is 0 Å². The van der Waals surface area contributed by atoms with E-state index in [0.717, 1.165) is 6.54 Å². The van der Waals surface area contributed by atoms with Crippen molar-refractivity contribution >= 4 is 0 Å². The van der Waals surface area contributed by atoms with Crippen molar-refractivity contribution in [1.29, 1.82) is 0 Å². The minimum atomic E-state index is 1.16. The predicted molar refractivity (Wildman–Crippen MR) is 121 cm³/mol. The number of unbranched alkanes of at least 4 members (excludes halogenated alkanes) is 11. The first-order valence-electron chi connectivity index (χ1n) is 12.0. The summed E-state index contributed by atoms with van der Waals surface area (Å²) in [6.45, 7) is 5.74. The van der Waals surface area contributed by atoms with Gasteiger partial charge in [0, 0.05) is 6.42 Å². The molecule has 2 rings (SSSR count). The molecule has 0 aliphatic rings. The molecule has 0 unspecified atom stereocenters. The summed E-state index contributed by atoms with van der Waals surface area (Å²) in [5.41, 5.74) is 1.29. The molecule has 0 bridgehead atoms. The molecule has 156 valence electrons. The van der Waals surface area contributed by atoms with E-state index in [0.29, 0.717) is 0 Å². The van der Waals surface area contributed by atoms with Crippen LogP contribution < -0.4 is 4.57 Å². The van der Waals surface area contributed by atoms with E-state index in [4.69, 9.17) is 0 Å². The Morgan fingerprint density at radius 3 is 1.89 bits per heavy atom. The lowest BCUT2D eigenvalue weighted by Gasteiger charge is -2.06. The Morgan fingerprint density at radius 1 is 0.679 bits per heavy atom. The van der Waals surface area contributed by atoms with Crippen LogP contribution in [-0.4, -0.2) is 4.57 Å². The van der Waals surface area contributed by atoms with Gasteiger partial charge in [-0.05, 0) is 31.4 Å². The van der Waals surface area contributed by atoms with E-state index in [-0.39, 0.29) is 0 Å². The number of para-hydroxylation sites is 1. The molecule has 28 heavy (non-hydrogen) atoms. The lowest BCUT2D eigenvalue weighted by molar-refractivity contribution is -0.704. The first-order chi connectivity index (χ1) is 13.9. The van der Waals surface area contributed by atoms with Crippen LogP contribution in [-0.2, 0) is 13.0 Å². The van der Waals surface area contributed by atoms with Crippen LogP contribution in [0.2, 0.25) is 0 Å². The molecule has 0 aliphatic heterocycles. The Balaban J connectivity index is 1.87. The number of imidazole rings is 1. The van der Waals surface area contributed by atoms with Crippen molar-refractivity contribution in [2.75, 3.05) is 0 Å². The van der Waals surface area contributed by atoms with Crippen LogP contribution in [0.3, 0.4) is 0 Å². The molecule has 0 fully saturated rings. The highest BCUT2D eigenvalue weighted by Gasteiger charge is 2.18. The highest BCUT2D eigenvalue weighted by molar-refractivity contribution is 5.31.